The van der Waals surface area contributed by atoms with Gasteiger partial charge in [0.15, 0.2) is 0 Å². The van der Waals surface area contributed by atoms with Crippen molar-refractivity contribution in [2.24, 2.45) is 5.73 Å². The van der Waals surface area contributed by atoms with Crippen LogP contribution in [0.4, 0.5) is 0 Å². The van der Waals surface area contributed by atoms with E-state index >= 15 is 0 Å². The molecule has 0 saturated carbocycles. The van der Waals surface area contributed by atoms with E-state index in [1.54, 1.807) is 0 Å². The molecule has 0 saturated heterocycles. The summed E-state index contributed by atoms with van der Waals surface area (Å²) < 4.78 is 5.53. The van der Waals surface area contributed by atoms with Gasteiger partial charge in [0.1, 0.15) is 12.0 Å². The van der Waals surface area contributed by atoms with Gasteiger partial charge in [0, 0.05) is 0 Å². The monoisotopic (exact) mass is 177 g/mol. The number of aryl methyl sites for hydroxylation is 1. The van der Waals surface area contributed by atoms with Gasteiger partial charge in [-0.3, -0.25) is 5.73 Å². The Hall–Kier alpha value is -1.02. The second-order valence-corrected chi connectivity index (χ2v) is 3.57. The van der Waals surface area contributed by atoms with Crippen molar-refractivity contribution in [3.05, 3.63) is 29.3 Å². The van der Waals surface area contributed by atoms with E-state index in [0.717, 1.165) is 12.2 Å². The highest BCUT2D eigenvalue weighted by Gasteiger charge is 2.15. The highest BCUT2D eigenvalue weighted by Crippen LogP contribution is 2.30. The zero-order chi connectivity index (χ0) is 9.26. The molecule has 0 spiro atoms. The molecule has 0 aliphatic heterocycles. The van der Waals surface area contributed by atoms with Crippen molar-refractivity contribution in [2.75, 3.05) is 0 Å². The van der Waals surface area contributed by atoms with Gasteiger partial charge in [-0.15, -0.1) is 0 Å². The molecule has 1 aliphatic rings. The van der Waals surface area contributed by atoms with E-state index in [4.69, 9.17) is 10.5 Å². The third kappa shape index (κ3) is 1.68. The highest BCUT2D eigenvalue weighted by atomic mass is 16.5. The van der Waals surface area contributed by atoms with Crippen LogP contribution in [0.1, 0.15) is 24.5 Å². The first-order valence-corrected chi connectivity index (χ1v) is 4.80. The summed E-state index contributed by atoms with van der Waals surface area (Å²) in [6.45, 7) is 1.86. The van der Waals surface area contributed by atoms with Crippen molar-refractivity contribution >= 4 is 0 Å². The average Bonchev–Trinajstić information content (AvgIpc) is 2.51. The van der Waals surface area contributed by atoms with Crippen molar-refractivity contribution in [3.8, 4) is 5.75 Å². The number of fused-ring (bicyclic) bond motifs is 1. The Bertz CT molecular complexity index is 307. The molecule has 13 heavy (non-hydrogen) atoms. The van der Waals surface area contributed by atoms with E-state index in [1.165, 1.54) is 24.0 Å². The Labute approximate surface area is 78.7 Å². The summed E-state index contributed by atoms with van der Waals surface area (Å²) in [5.74, 6) is 0.977. The fourth-order valence-corrected chi connectivity index (χ4v) is 1.90. The van der Waals surface area contributed by atoms with Crippen molar-refractivity contribution in [1.82, 2.24) is 0 Å². The average molecular weight is 177 g/mol. The number of rotatable bonds is 2. The van der Waals surface area contributed by atoms with Crippen molar-refractivity contribution in [2.45, 2.75) is 32.4 Å². The Morgan fingerprint density at radius 1 is 1.38 bits per heavy atom. The van der Waals surface area contributed by atoms with Crippen molar-refractivity contribution in [1.29, 1.82) is 0 Å². The summed E-state index contributed by atoms with van der Waals surface area (Å²) in [5, 5.41) is 0. The Morgan fingerprint density at radius 3 is 3.00 bits per heavy atom. The van der Waals surface area contributed by atoms with E-state index in [1.807, 2.05) is 19.1 Å². The third-order valence-electron chi connectivity index (χ3n) is 2.42. The fourth-order valence-electron chi connectivity index (χ4n) is 1.90. The minimum atomic E-state index is -0.216. The van der Waals surface area contributed by atoms with Crippen LogP contribution in [-0.4, -0.2) is 6.23 Å². The molecule has 0 bridgehead atoms. The van der Waals surface area contributed by atoms with Crippen LogP contribution in [0.15, 0.2) is 18.2 Å². The first-order chi connectivity index (χ1) is 6.27. The van der Waals surface area contributed by atoms with Crippen LogP contribution >= 0.6 is 0 Å². The second kappa shape index (κ2) is 3.38. The Kier molecular flexibility index (Phi) is 2.23. The molecule has 1 aromatic rings. The van der Waals surface area contributed by atoms with Crippen LogP contribution in [0.25, 0.3) is 0 Å². The summed E-state index contributed by atoms with van der Waals surface area (Å²) in [5.41, 5.74) is 8.39. The van der Waals surface area contributed by atoms with Gasteiger partial charge < -0.3 is 4.74 Å². The maximum absolute atomic E-state index is 5.60. The zero-order valence-corrected chi connectivity index (χ0v) is 7.92. The number of nitrogens with two attached hydrogens (primary N) is 1. The number of ether oxygens (including phenoxy) is 1. The maximum Gasteiger partial charge on any atom is 0.144 e. The van der Waals surface area contributed by atoms with Crippen LogP contribution in [0.5, 0.6) is 5.75 Å². The molecule has 2 rings (SSSR count). The normalized spacial score (nSPS) is 16.8. The van der Waals surface area contributed by atoms with Gasteiger partial charge in [0.2, 0.25) is 0 Å². The summed E-state index contributed by atoms with van der Waals surface area (Å²) in [4.78, 5) is 0. The number of hydrogen-bond donors (Lipinski definition) is 1. The van der Waals surface area contributed by atoms with Crippen LogP contribution in [0, 0.1) is 0 Å². The number of hydrogen-bond acceptors (Lipinski definition) is 2. The molecule has 1 aliphatic carbocycles. The molecule has 0 fully saturated rings. The number of benzene rings is 1. The maximum atomic E-state index is 5.60. The van der Waals surface area contributed by atoms with E-state index in [2.05, 4.69) is 6.07 Å². The van der Waals surface area contributed by atoms with Gasteiger partial charge in [0.25, 0.3) is 0 Å². The Balaban J connectivity index is 2.30. The molecule has 2 heteroatoms. The van der Waals surface area contributed by atoms with Gasteiger partial charge in [-0.25, -0.2) is 0 Å². The SMILES string of the molecule is CC(N)Oc1cccc2c1CCC2. The molecule has 0 radical (unpaired) electrons. The minimum Gasteiger partial charge on any atom is -0.476 e. The van der Waals surface area contributed by atoms with Crippen LogP contribution in [-0.2, 0) is 12.8 Å². The van der Waals surface area contributed by atoms with Crippen LogP contribution < -0.4 is 10.5 Å². The molecule has 0 aromatic heterocycles. The minimum absolute atomic E-state index is 0.216. The fraction of sp³-hybridized carbons (Fsp3) is 0.455. The molecule has 2 nitrogen and oxygen atoms in total. The molecule has 1 atom stereocenters. The predicted octanol–water partition coefficient (Wildman–Crippen LogP) is 1.86. The van der Waals surface area contributed by atoms with Gasteiger partial charge in [-0.2, -0.15) is 0 Å². The topological polar surface area (TPSA) is 35.2 Å². The van der Waals surface area contributed by atoms with Crippen molar-refractivity contribution in [3.63, 3.8) is 0 Å². The van der Waals surface area contributed by atoms with E-state index in [9.17, 15) is 0 Å². The third-order valence-corrected chi connectivity index (χ3v) is 2.42. The standard InChI is InChI=1S/C11H15NO/c1-8(12)13-11-7-3-5-9-4-2-6-10(9)11/h3,5,7-8H,2,4,6,12H2,1H3. The molecular formula is C11H15NO. The summed E-state index contributed by atoms with van der Waals surface area (Å²) in [6.07, 6.45) is 3.35. The molecule has 1 aromatic carbocycles. The van der Waals surface area contributed by atoms with Crippen LogP contribution in [0.2, 0.25) is 0 Å². The summed E-state index contributed by atoms with van der Waals surface area (Å²) >= 11 is 0. The zero-order valence-electron chi connectivity index (χ0n) is 7.92. The summed E-state index contributed by atoms with van der Waals surface area (Å²) in [7, 11) is 0. The van der Waals surface area contributed by atoms with Gasteiger partial charge in [0.05, 0.1) is 0 Å². The lowest BCUT2D eigenvalue weighted by Crippen LogP contribution is -2.23. The second-order valence-electron chi connectivity index (χ2n) is 3.57. The Morgan fingerprint density at radius 2 is 2.23 bits per heavy atom. The van der Waals surface area contributed by atoms with Gasteiger partial charge in [-0.05, 0) is 43.4 Å². The largest absolute Gasteiger partial charge is 0.476 e. The quantitative estimate of drug-likeness (QED) is 0.700. The molecule has 1 unspecified atom stereocenters. The lowest BCUT2D eigenvalue weighted by molar-refractivity contribution is 0.228. The molecular weight excluding hydrogens is 162 g/mol. The van der Waals surface area contributed by atoms with E-state index < -0.39 is 0 Å². The molecule has 2 N–H and O–H groups in total. The van der Waals surface area contributed by atoms with E-state index in [-0.39, 0.29) is 6.23 Å². The summed E-state index contributed by atoms with van der Waals surface area (Å²) in [6, 6.07) is 6.23. The molecule has 0 amide bonds. The van der Waals surface area contributed by atoms with Gasteiger partial charge in [-0.1, -0.05) is 12.1 Å². The first kappa shape index (κ1) is 8.57. The lowest BCUT2D eigenvalue weighted by atomic mass is 10.1. The smallest absolute Gasteiger partial charge is 0.144 e. The highest BCUT2D eigenvalue weighted by molar-refractivity contribution is 5.43. The predicted molar refractivity (Wildman–Crippen MR) is 52.7 cm³/mol. The van der Waals surface area contributed by atoms with Crippen molar-refractivity contribution < 1.29 is 4.74 Å². The molecule has 70 valence electrons. The molecule has 0 heterocycles. The lowest BCUT2D eigenvalue weighted by Gasteiger charge is -2.13. The van der Waals surface area contributed by atoms with Crippen LogP contribution in [0.3, 0.4) is 0 Å². The van der Waals surface area contributed by atoms with E-state index in [0.29, 0.717) is 0 Å². The van der Waals surface area contributed by atoms with Gasteiger partial charge >= 0.3 is 0 Å². The first-order valence-electron chi connectivity index (χ1n) is 4.80.